The van der Waals surface area contributed by atoms with Crippen molar-refractivity contribution < 1.29 is 14.2 Å². The lowest BCUT2D eigenvalue weighted by atomic mass is 10.3. The fourth-order valence-corrected chi connectivity index (χ4v) is 2.22. The highest BCUT2D eigenvalue weighted by Crippen LogP contribution is 2.45. The second-order valence-corrected chi connectivity index (χ2v) is 4.69. The molecule has 0 spiro atoms. The van der Waals surface area contributed by atoms with Gasteiger partial charge < -0.3 is 14.2 Å². The molecule has 1 heterocycles. The summed E-state index contributed by atoms with van der Waals surface area (Å²) < 4.78 is 17.6. The van der Waals surface area contributed by atoms with Gasteiger partial charge in [-0.15, -0.1) is 0 Å². The van der Waals surface area contributed by atoms with E-state index in [-0.39, 0.29) is 6.79 Å². The van der Waals surface area contributed by atoms with Gasteiger partial charge in [0.25, 0.3) is 0 Å². The van der Waals surface area contributed by atoms with Crippen LogP contribution < -0.4 is 14.2 Å². The fraction of sp³-hybridized carbons (Fsp3) is 0.0769. The van der Waals surface area contributed by atoms with Gasteiger partial charge in [-0.1, -0.05) is 18.2 Å². The molecule has 4 heteroatoms. The lowest BCUT2D eigenvalue weighted by molar-refractivity contribution is 0.171. The van der Waals surface area contributed by atoms with Crippen molar-refractivity contribution in [1.29, 1.82) is 0 Å². The Morgan fingerprint density at radius 3 is 2.53 bits per heavy atom. The van der Waals surface area contributed by atoms with Crippen molar-refractivity contribution in [2.75, 3.05) is 6.79 Å². The molecule has 86 valence electrons. The summed E-state index contributed by atoms with van der Waals surface area (Å²) in [7, 11) is 0. The minimum absolute atomic E-state index is 0.250. The van der Waals surface area contributed by atoms with Gasteiger partial charge in [-0.3, -0.25) is 0 Å². The van der Waals surface area contributed by atoms with E-state index in [1.165, 1.54) is 0 Å². The molecular weight excluding hydrogens is 331 g/mol. The van der Waals surface area contributed by atoms with Crippen LogP contribution in [0.3, 0.4) is 0 Å². The Hall–Kier alpha value is -1.43. The topological polar surface area (TPSA) is 27.7 Å². The van der Waals surface area contributed by atoms with Crippen LogP contribution in [0.5, 0.6) is 23.0 Å². The Kier molecular flexibility index (Phi) is 2.80. The number of halogens is 1. The molecule has 0 unspecified atom stereocenters. The molecule has 0 N–H and O–H groups in total. The van der Waals surface area contributed by atoms with Crippen LogP contribution in [0.15, 0.2) is 42.5 Å². The molecule has 0 amide bonds. The monoisotopic (exact) mass is 340 g/mol. The molecule has 0 atom stereocenters. The summed E-state index contributed by atoms with van der Waals surface area (Å²) in [5.41, 5.74) is 0. The molecule has 3 nitrogen and oxygen atoms in total. The molecule has 0 radical (unpaired) electrons. The van der Waals surface area contributed by atoms with Crippen LogP contribution in [0.2, 0.25) is 0 Å². The van der Waals surface area contributed by atoms with Gasteiger partial charge in [0.2, 0.25) is 12.5 Å². The molecule has 0 aromatic heterocycles. The largest absolute Gasteiger partial charge is 0.453 e. The van der Waals surface area contributed by atoms with Crippen LogP contribution in [0.25, 0.3) is 0 Å². The third-order valence-corrected chi connectivity index (χ3v) is 3.25. The van der Waals surface area contributed by atoms with Crippen molar-refractivity contribution in [1.82, 2.24) is 0 Å². The van der Waals surface area contributed by atoms with Gasteiger partial charge in [0.15, 0.2) is 11.5 Å². The van der Waals surface area contributed by atoms with Gasteiger partial charge in [-0.2, -0.15) is 0 Å². The van der Waals surface area contributed by atoms with Crippen molar-refractivity contribution in [3.63, 3.8) is 0 Å². The average molecular weight is 340 g/mol. The Morgan fingerprint density at radius 2 is 1.71 bits per heavy atom. The summed E-state index contributed by atoms with van der Waals surface area (Å²) >= 11 is 2.21. The van der Waals surface area contributed by atoms with Gasteiger partial charge in [0.05, 0.1) is 3.57 Å². The lowest BCUT2D eigenvalue weighted by Gasteiger charge is -2.08. The number of fused-ring (bicyclic) bond motifs is 1. The van der Waals surface area contributed by atoms with Crippen LogP contribution in [0, 0.1) is 3.57 Å². The Balaban J connectivity index is 1.97. The highest BCUT2D eigenvalue weighted by molar-refractivity contribution is 14.1. The quantitative estimate of drug-likeness (QED) is 0.778. The van der Waals surface area contributed by atoms with E-state index in [1.54, 1.807) is 0 Å². The molecule has 3 rings (SSSR count). The highest BCUT2D eigenvalue weighted by Gasteiger charge is 2.22. The van der Waals surface area contributed by atoms with Crippen molar-refractivity contribution in [3.05, 3.63) is 46.0 Å². The van der Waals surface area contributed by atoms with E-state index >= 15 is 0 Å². The van der Waals surface area contributed by atoms with Gasteiger partial charge >= 0.3 is 0 Å². The smallest absolute Gasteiger partial charge is 0.231 e. The van der Waals surface area contributed by atoms with Gasteiger partial charge in [0, 0.05) is 0 Å². The summed E-state index contributed by atoms with van der Waals surface area (Å²) in [6.07, 6.45) is 0. The predicted octanol–water partition coefficient (Wildman–Crippen LogP) is 3.81. The average Bonchev–Trinajstić information content (AvgIpc) is 2.84. The molecule has 0 bridgehead atoms. The maximum absolute atomic E-state index is 5.77. The molecule has 1 aliphatic rings. The molecule has 2 aromatic rings. The van der Waals surface area contributed by atoms with Crippen LogP contribution in [0.4, 0.5) is 0 Å². The van der Waals surface area contributed by atoms with Crippen molar-refractivity contribution in [2.45, 2.75) is 0 Å². The first-order chi connectivity index (χ1) is 8.34. The molecular formula is C13H9IO3. The van der Waals surface area contributed by atoms with E-state index in [2.05, 4.69) is 22.6 Å². The Morgan fingerprint density at radius 1 is 0.941 bits per heavy atom. The fourth-order valence-electron chi connectivity index (χ4n) is 1.63. The number of hydrogen-bond donors (Lipinski definition) is 0. The van der Waals surface area contributed by atoms with Gasteiger partial charge in [-0.25, -0.2) is 0 Å². The summed E-state index contributed by atoms with van der Waals surface area (Å²) in [5.74, 6) is 2.91. The number of rotatable bonds is 2. The molecule has 1 aliphatic heterocycles. The second-order valence-electron chi connectivity index (χ2n) is 3.53. The van der Waals surface area contributed by atoms with Crippen molar-refractivity contribution in [3.8, 4) is 23.0 Å². The summed E-state index contributed by atoms with van der Waals surface area (Å²) in [6.45, 7) is 0.250. The van der Waals surface area contributed by atoms with E-state index in [0.29, 0.717) is 11.5 Å². The molecule has 0 saturated carbocycles. The summed E-state index contributed by atoms with van der Waals surface area (Å²) in [6, 6.07) is 13.5. The second kappa shape index (κ2) is 4.44. The molecule has 0 aliphatic carbocycles. The maximum Gasteiger partial charge on any atom is 0.231 e. The zero-order valence-corrected chi connectivity index (χ0v) is 11.0. The zero-order valence-electron chi connectivity index (χ0n) is 8.85. The standard InChI is InChI=1S/C13H9IO3/c14-10-6-7-11(13-12(10)15-8-16-13)17-9-4-2-1-3-5-9/h1-7H,8H2. The summed E-state index contributed by atoms with van der Waals surface area (Å²) in [5, 5.41) is 0. The van der Waals surface area contributed by atoms with Crippen LogP contribution >= 0.6 is 22.6 Å². The molecule has 0 saturated heterocycles. The third kappa shape index (κ3) is 2.04. The number of ether oxygens (including phenoxy) is 3. The number of hydrogen-bond acceptors (Lipinski definition) is 3. The van der Waals surface area contributed by atoms with E-state index in [0.717, 1.165) is 15.1 Å². The van der Waals surface area contributed by atoms with Crippen LogP contribution in [0.1, 0.15) is 0 Å². The number of para-hydroxylation sites is 1. The normalized spacial score (nSPS) is 12.5. The predicted molar refractivity (Wildman–Crippen MR) is 71.8 cm³/mol. The van der Waals surface area contributed by atoms with Crippen molar-refractivity contribution in [2.24, 2.45) is 0 Å². The lowest BCUT2D eigenvalue weighted by Crippen LogP contribution is -1.94. The van der Waals surface area contributed by atoms with Crippen molar-refractivity contribution >= 4 is 22.6 Å². The van der Waals surface area contributed by atoms with Crippen LogP contribution in [-0.4, -0.2) is 6.79 Å². The van der Waals surface area contributed by atoms with Gasteiger partial charge in [0.1, 0.15) is 5.75 Å². The summed E-state index contributed by atoms with van der Waals surface area (Å²) in [4.78, 5) is 0. The molecule has 0 fully saturated rings. The maximum atomic E-state index is 5.77. The first-order valence-electron chi connectivity index (χ1n) is 5.15. The SMILES string of the molecule is Ic1ccc(Oc2ccccc2)c2c1OCO2. The minimum Gasteiger partial charge on any atom is -0.453 e. The van der Waals surface area contributed by atoms with Gasteiger partial charge in [-0.05, 0) is 46.9 Å². The van der Waals surface area contributed by atoms with E-state index < -0.39 is 0 Å². The minimum atomic E-state index is 0.250. The van der Waals surface area contributed by atoms with E-state index in [9.17, 15) is 0 Å². The third-order valence-electron chi connectivity index (χ3n) is 2.41. The zero-order chi connectivity index (χ0) is 11.7. The number of benzene rings is 2. The highest BCUT2D eigenvalue weighted by atomic mass is 127. The van der Waals surface area contributed by atoms with Crippen LogP contribution in [-0.2, 0) is 0 Å². The Bertz CT molecular complexity index is 540. The van der Waals surface area contributed by atoms with E-state index in [4.69, 9.17) is 14.2 Å². The molecule has 2 aromatic carbocycles. The molecule has 17 heavy (non-hydrogen) atoms. The Labute approximate surface area is 112 Å². The first-order valence-corrected chi connectivity index (χ1v) is 6.23. The first kappa shape index (κ1) is 10.7. The van der Waals surface area contributed by atoms with E-state index in [1.807, 2.05) is 42.5 Å².